The van der Waals surface area contributed by atoms with Gasteiger partial charge in [-0.05, 0) is 24.3 Å². The fourth-order valence-corrected chi connectivity index (χ4v) is 1.95. The predicted octanol–water partition coefficient (Wildman–Crippen LogP) is 3.23. The number of nitrogen functional groups attached to an aromatic ring is 1. The summed E-state index contributed by atoms with van der Waals surface area (Å²) in [6, 6.07) is 5.03. The number of fused-ring (bicyclic) bond motifs is 1. The van der Waals surface area contributed by atoms with E-state index in [4.69, 9.17) is 5.73 Å². The molecule has 0 amide bonds. The van der Waals surface area contributed by atoms with E-state index in [1.54, 1.807) is 18.5 Å². The van der Waals surface area contributed by atoms with Gasteiger partial charge in [-0.3, -0.25) is 4.98 Å². The quantitative estimate of drug-likeness (QED) is 0.671. The second-order valence-electron chi connectivity index (χ2n) is 4.32. The molecule has 20 heavy (non-hydrogen) atoms. The average Bonchev–Trinajstić information content (AvgIpc) is 2.80. The molecule has 0 aliphatic rings. The molecular formula is C13H9F3N4. The summed E-state index contributed by atoms with van der Waals surface area (Å²) < 4.78 is 38.3. The third-order valence-corrected chi connectivity index (χ3v) is 2.84. The van der Waals surface area contributed by atoms with Gasteiger partial charge in [0.2, 0.25) is 0 Å². The Morgan fingerprint density at radius 2 is 1.95 bits per heavy atom. The van der Waals surface area contributed by atoms with Gasteiger partial charge in [0.1, 0.15) is 5.82 Å². The van der Waals surface area contributed by atoms with Crippen LogP contribution in [0.3, 0.4) is 0 Å². The van der Waals surface area contributed by atoms with Crippen molar-refractivity contribution in [2.45, 2.75) is 6.18 Å². The van der Waals surface area contributed by atoms with Crippen molar-refractivity contribution in [1.82, 2.24) is 15.0 Å². The number of anilines is 1. The number of H-pyrrole nitrogens is 1. The predicted molar refractivity (Wildman–Crippen MR) is 68.7 cm³/mol. The molecule has 0 spiro atoms. The van der Waals surface area contributed by atoms with E-state index in [1.165, 1.54) is 6.07 Å². The van der Waals surface area contributed by atoms with Crippen molar-refractivity contribution in [2.24, 2.45) is 0 Å². The number of nitrogens with zero attached hydrogens (tertiary/aromatic N) is 2. The monoisotopic (exact) mass is 278 g/mol. The van der Waals surface area contributed by atoms with Crippen LogP contribution in [-0.4, -0.2) is 15.0 Å². The summed E-state index contributed by atoms with van der Waals surface area (Å²) in [5, 5.41) is 0. The van der Waals surface area contributed by atoms with Crippen molar-refractivity contribution in [3.63, 3.8) is 0 Å². The van der Waals surface area contributed by atoms with Crippen molar-refractivity contribution >= 4 is 16.7 Å². The number of nitrogens with one attached hydrogen (secondary N) is 1. The highest BCUT2D eigenvalue weighted by atomic mass is 19.4. The molecule has 0 radical (unpaired) electrons. The van der Waals surface area contributed by atoms with Crippen LogP contribution in [0.25, 0.3) is 22.4 Å². The molecular weight excluding hydrogens is 269 g/mol. The van der Waals surface area contributed by atoms with Crippen LogP contribution in [0.5, 0.6) is 0 Å². The Balaban J connectivity index is 2.16. The number of hydrogen-bond acceptors (Lipinski definition) is 3. The molecule has 0 saturated carbocycles. The number of imidazole rings is 1. The first-order chi connectivity index (χ1) is 9.43. The molecule has 0 fully saturated rings. The molecule has 0 aliphatic carbocycles. The van der Waals surface area contributed by atoms with Crippen molar-refractivity contribution in [3.05, 3.63) is 42.2 Å². The van der Waals surface area contributed by atoms with Gasteiger partial charge in [0.15, 0.2) is 0 Å². The minimum absolute atomic E-state index is 0.0356. The third-order valence-electron chi connectivity index (χ3n) is 2.84. The number of alkyl halides is 3. The van der Waals surface area contributed by atoms with Crippen LogP contribution >= 0.6 is 0 Å². The second-order valence-corrected chi connectivity index (χ2v) is 4.32. The maximum Gasteiger partial charge on any atom is 0.416 e. The highest BCUT2D eigenvalue weighted by Crippen LogP contribution is 2.33. The lowest BCUT2D eigenvalue weighted by Crippen LogP contribution is -2.06. The molecule has 0 bridgehead atoms. The Morgan fingerprint density at radius 1 is 1.15 bits per heavy atom. The second kappa shape index (κ2) is 4.22. The molecule has 0 saturated heterocycles. The lowest BCUT2D eigenvalue weighted by molar-refractivity contribution is -0.137. The molecule has 0 atom stereocenters. The summed E-state index contributed by atoms with van der Waals surface area (Å²) in [6.45, 7) is 0. The first-order valence-electron chi connectivity index (χ1n) is 5.71. The standard InChI is InChI=1S/C13H9F3N4/c14-13(15,16)8-3-7(4-9(17)5-8)12-19-10-1-2-18-6-11(10)20-12/h1-6H,17H2,(H,19,20). The fraction of sp³-hybridized carbons (Fsp3) is 0.0769. The molecule has 0 aliphatic heterocycles. The van der Waals surface area contributed by atoms with Crippen molar-refractivity contribution in [2.75, 3.05) is 5.73 Å². The van der Waals surface area contributed by atoms with Gasteiger partial charge in [-0.25, -0.2) is 4.98 Å². The SMILES string of the molecule is Nc1cc(-c2nc3ccncc3[nH]2)cc(C(F)(F)F)c1. The van der Waals surface area contributed by atoms with E-state index >= 15 is 0 Å². The molecule has 1 aromatic carbocycles. The summed E-state index contributed by atoms with van der Waals surface area (Å²) in [4.78, 5) is 11.1. The van der Waals surface area contributed by atoms with Gasteiger partial charge in [0, 0.05) is 17.4 Å². The maximum atomic E-state index is 12.8. The molecule has 102 valence electrons. The van der Waals surface area contributed by atoms with Crippen molar-refractivity contribution in [3.8, 4) is 11.4 Å². The van der Waals surface area contributed by atoms with E-state index in [0.29, 0.717) is 16.9 Å². The van der Waals surface area contributed by atoms with Crippen LogP contribution < -0.4 is 5.73 Å². The highest BCUT2D eigenvalue weighted by Gasteiger charge is 2.31. The minimum Gasteiger partial charge on any atom is -0.399 e. The number of hydrogen-bond donors (Lipinski definition) is 2. The first kappa shape index (κ1) is 12.5. The topological polar surface area (TPSA) is 67.6 Å². The first-order valence-corrected chi connectivity index (χ1v) is 5.71. The van der Waals surface area contributed by atoms with Gasteiger partial charge < -0.3 is 10.7 Å². The molecule has 7 heteroatoms. The zero-order valence-electron chi connectivity index (χ0n) is 10.1. The third kappa shape index (κ3) is 2.18. The van der Waals surface area contributed by atoms with Crippen LogP contribution in [-0.2, 0) is 6.18 Å². The van der Waals surface area contributed by atoms with Gasteiger partial charge in [-0.2, -0.15) is 13.2 Å². The van der Waals surface area contributed by atoms with Gasteiger partial charge in [-0.1, -0.05) is 0 Å². The van der Waals surface area contributed by atoms with E-state index in [0.717, 1.165) is 12.1 Å². The Morgan fingerprint density at radius 3 is 2.65 bits per heavy atom. The molecule has 2 aromatic heterocycles. The van der Waals surface area contributed by atoms with Crippen LogP contribution in [0.2, 0.25) is 0 Å². The molecule has 4 nitrogen and oxygen atoms in total. The summed E-state index contributed by atoms with van der Waals surface area (Å²) in [7, 11) is 0. The summed E-state index contributed by atoms with van der Waals surface area (Å²) in [5.41, 5.74) is 6.34. The summed E-state index contributed by atoms with van der Waals surface area (Å²) in [5.74, 6) is 0.325. The lowest BCUT2D eigenvalue weighted by atomic mass is 10.1. The maximum absolute atomic E-state index is 12.8. The Bertz CT molecular complexity index is 744. The van der Waals surface area contributed by atoms with Crippen LogP contribution in [0.1, 0.15) is 5.56 Å². The number of aromatic amines is 1. The van der Waals surface area contributed by atoms with E-state index in [2.05, 4.69) is 15.0 Å². The van der Waals surface area contributed by atoms with E-state index in [9.17, 15) is 13.2 Å². The fourth-order valence-electron chi connectivity index (χ4n) is 1.95. The van der Waals surface area contributed by atoms with Gasteiger partial charge in [-0.15, -0.1) is 0 Å². The number of halogens is 3. The van der Waals surface area contributed by atoms with E-state index in [-0.39, 0.29) is 11.3 Å². The smallest absolute Gasteiger partial charge is 0.399 e. The molecule has 3 rings (SSSR count). The lowest BCUT2D eigenvalue weighted by Gasteiger charge is -2.09. The number of nitrogens with two attached hydrogens (primary N) is 1. The molecule has 0 unspecified atom stereocenters. The van der Waals surface area contributed by atoms with E-state index in [1.807, 2.05) is 0 Å². The zero-order valence-corrected chi connectivity index (χ0v) is 10.1. The van der Waals surface area contributed by atoms with Gasteiger partial charge >= 0.3 is 6.18 Å². The molecule has 3 N–H and O–H groups in total. The van der Waals surface area contributed by atoms with Gasteiger partial charge in [0.05, 0.1) is 22.8 Å². The highest BCUT2D eigenvalue weighted by molar-refractivity contribution is 5.79. The minimum atomic E-state index is -4.45. The van der Waals surface area contributed by atoms with Crippen molar-refractivity contribution in [1.29, 1.82) is 0 Å². The number of benzene rings is 1. The Kier molecular flexibility index (Phi) is 2.63. The average molecular weight is 278 g/mol. The van der Waals surface area contributed by atoms with E-state index < -0.39 is 11.7 Å². The largest absolute Gasteiger partial charge is 0.416 e. The van der Waals surface area contributed by atoms with Crippen LogP contribution in [0, 0.1) is 0 Å². The summed E-state index contributed by atoms with van der Waals surface area (Å²) in [6.07, 6.45) is -1.33. The zero-order chi connectivity index (χ0) is 14.3. The molecule has 3 aromatic rings. The number of pyridine rings is 1. The van der Waals surface area contributed by atoms with Crippen LogP contribution in [0.15, 0.2) is 36.7 Å². The normalized spacial score (nSPS) is 11.9. The Labute approximate surface area is 111 Å². The number of aromatic nitrogens is 3. The molecule has 2 heterocycles. The summed E-state index contributed by atoms with van der Waals surface area (Å²) >= 11 is 0. The number of rotatable bonds is 1. The van der Waals surface area contributed by atoms with Crippen molar-refractivity contribution < 1.29 is 13.2 Å². The van der Waals surface area contributed by atoms with Gasteiger partial charge in [0.25, 0.3) is 0 Å². The Hall–Kier alpha value is -2.57. The van der Waals surface area contributed by atoms with Crippen LogP contribution in [0.4, 0.5) is 18.9 Å².